The molecule has 0 aliphatic heterocycles. The van der Waals surface area contributed by atoms with Crippen LogP contribution in [0.2, 0.25) is 0 Å². The highest BCUT2D eigenvalue weighted by Gasteiger charge is 2.49. The van der Waals surface area contributed by atoms with Gasteiger partial charge in [0.1, 0.15) is 0 Å². The van der Waals surface area contributed by atoms with Crippen molar-refractivity contribution in [3.63, 3.8) is 0 Å². The van der Waals surface area contributed by atoms with E-state index in [1.165, 1.54) is 13.8 Å². The largest absolute Gasteiger partial charge is 0.465 e. The maximum Gasteiger partial charge on any atom is 0.329 e. The molecule has 1 heterocycles. The second-order valence-electron chi connectivity index (χ2n) is 4.81. The van der Waals surface area contributed by atoms with Crippen molar-refractivity contribution in [2.24, 2.45) is 7.05 Å². The highest BCUT2D eigenvalue weighted by Crippen LogP contribution is 2.31. The lowest BCUT2D eigenvalue weighted by Gasteiger charge is -2.26. The lowest BCUT2D eigenvalue weighted by atomic mass is 9.83. The number of nitrogens with zero attached hydrogens (tertiary/aromatic N) is 1. The second-order valence-corrected chi connectivity index (χ2v) is 4.81. The Morgan fingerprint density at radius 1 is 1.14 bits per heavy atom. The molecule has 0 atom stereocenters. The Kier molecular flexibility index (Phi) is 5.29. The molecular formula is C15H21NO5. The fourth-order valence-corrected chi connectivity index (χ4v) is 2.26. The Morgan fingerprint density at radius 2 is 1.62 bits per heavy atom. The zero-order valence-corrected chi connectivity index (χ0v) is 13.1. The molecular weight excluding hydrogens is 274 g/mol. The number of ether oxygens (including phenoxy) is 2. The van der Waals surface area contributed by atoms with Crippen LogP contribution in [0.15, 0.2) is 12.3 Å². The van der Waals surface area contributed by atoms with E-state index in [0.717, 1.165) is 0 Å². The zero-order chi connectivity index (χ0) is 16.2. The lowest BCUT2D eigenvalue weighted by molar-refractivity contribution is -0.164. The molecule has 0 aromatic carbocycles. The zero-order valence-electron chi connectivity index (χ0n) is 13.1. The van der Waals surface area contributed by atoms with E-state index in [1.54, 1.807) is 37.7 Å². The van der Waals surface area contributed by atoms with Gasteiger partial charge in [-0.3, -0.25) is 14.4 Å². The Labute approximate surface area is 124 Å². The quantitative estimate of drug-likeness (QED) is 0.453. The molecule has 0 radical (unpaired) electrons. The monoisotopic (exact) mass is 295 g/mol. The summed E-state index contributed by atoms with van der Waals surface area (Å²) in [5.74, 6) is -1.69. The second kappa shape index (κ2) is 6.56. The molecule has 1 aromatic heterocycles. The van der Waals surface area contributed by atoms with Gasteiger partial charge in [-0.05, 0) is 33.8 Å². The molecule has 0 bridgehead atoms. The first-order valence-corrected chi connectivity index (χ1v) is 6.81. The van der Waals surface area contributed by atoms with Crippen molar-refractivity contribution in [3.8, 4) is 0 Å². The normalized spacial score (nSPS) is 11.1. The van der Waals surface area contributed by atoms with Gasteiger partial charge in [-0.25, -0.2) is 0 Å². The third-order valence-corrected chi connectivity index (χ3v) is 3.29. The number of rotatable bonds is 6. The summed E-state index contributed by atoms with van der Waals surface area (Å²) in [5.41, 5.74) is -1.08. The van der Waals surface area contributed by atoms with E-state index in [-0.39, 0.29) is 24.7 Å². The minimum atomic E-state index is -1.68. The Hall–Kier alpha value is -2.11. The molecule has 1 rings (SSSR count). The summed E-state index contributed by atoms with van der Waals surface area (Å²) in [6.07, 6.45) is 1.63. The fraction of sp³-hybridized carbons (Fsp3) is 0.533. The van der Waals surface area contributed by atoms with E-state index < -0.39 is 17.4 Å². The third kappa shape index (κ3) is 2.99. The minimum absolute atomic E-state index is 0.133. The first-order valence-electron chi connectivity index (χ1n) is 6.81. The Morgan fingerprint density at radius 3 is 2.00 bits per heavy atom. The van der Waals surface area contributed by atoms with Crippen molar-refractivity contribution >= 4 is 17.7 Å². The predicted molar refractivity (Wildman–Crippen MR) is 76.0 cm³/mol. The van der Waals surface area contributed by atoms with Gasteiger partial charge in [-0.1, -0.05) is 0 Å². The molecule has 116 valence electrons. The average Bonchev–Trinajstić information content (AvgIpc) is 2.80. The van der Waals surface area contributed by atoms with E-state index >= 15 is 0 Å². The number of aryl methyl sites for hydroxylation is 1. The standard InChI is InChI=1S/C15H21NO5/c1-6-20-13(18)15(4,14(19)21-7-2)12-11(10(3)17)8-9-16(12)5/h8-9H,6-7H2,1-5H3. The number of carbonyl (C=O) groups is 3. The molecule has 0 amide bonds. The topological polar surface area (TPSA) is 74.6 Å². The van der Waals surface area contributed by atoms with Crippen LogP contribution in [0, 0.1) is 0 Å². The lowest BCUT2D eigenvalue weighted by Crippen LogP contribution is -2.45. The summed E-state index contributed by atoms with van der Waals surface area (Å²) < 4.78 is 11.6. The van der Waals surface area contributed by atoms with Crippen LogP contribution in [0.3, 0.4) is 0 Å². The van der Waals surface area contributed by atoms with Crippen LogP contribution in [-0.2, 0) is 31.5 Å². The van der Waals surface area contributed by atoms with E-state index in [2.05, 4.69) is 0 Å². The summed E-state index contributed by atoms with van der Waals surface area (Å²) in [7, 11) is 1.67. The summed E-state index contributed by atoms with van der Waals surface area (Å²) in [4.78, 5) is 36.5. The van der Waals surface area contributed by atoms with Gasteiger partial charge >= 0.3 is 11.9 Å². The molecule has 0 N–H and O–H groups in total. The molecule has 0 fully saturated rings. The smallest absolute Gasteiger partial charge is 0.329 e. The SMILES string of the molecule is CCOC(=O)C(C)(C(=O)OCC)c1c(C(C)=O)ccn1C. The molecule has 1 aromatic rings. The first kappa shape index (κ1) is 16.9. The van der Waals surface area contributed by atoms with Crippen LogP contribution in [0.25, 0.3) is 0 Å². The number of Topliss-reactive ketones (excluding diaryl/α,β-unsaturated/α-hetero) is 1. The highest BCUT2D eigenvalue weighted by molar-refractivity contribution is 6.08. The van der Waals surface area contributed by atoms with Crippen LogP contribution >= 0.6 is 0 Å². The van der Waals surface area contributed by atoms with Gasteiger partial charge in [0, 0.05) is 18.8 Å². The molecule has 21 heavy (non-hydrogen) atoms. The number of hydrogen-bond donors (Lipinski definition) is 0. The molecule has 0 unspecified atom stereocenters. The summed E-state index contributed by atoms with van der Waals surface area (Å²) in [6, 6.07) is 1.58. The van der Waals surface area contributed by atoms with E-state index in [1.807, 2.05) is 0 Å². The van der Waals surface area contributed by atoms with Crippen molar-refractivity contribution in [1.29, 1.82) is 0 Å². The Balaban J connectivity index is 3.51. The van der Waals surface area contributed by atoms with Gasteiger partial charge in [-0.2, -0.15) is 0 Å². The van der Waals surface area contributed by atoms with Crippen molar-refractivity contribution in [2.45, 2.75) is 33.1 Å². The maximum atomic E-state index is 12.4. The van der Waals surface area contributed by atoms with Gasteiger partial charge in [0.05, 0.1) is 18.9 Å². The number of ketones is 1. The molecule has 0 aliphatic carbocycles. The van der Waals surface area contributed by atoms with Crippen molar-refractivity contribution in [2.75, 3.05) is 13.2 Å². The average molecular weight is 295 g/mol. The van der Waals surface area contributed by atoms with Gasteiger partial charge in [-0.15, -0.1) is 0 Å². The number of aromatic nitrogens is 1. The Bertz CT molecular complexity index is 540. The molecule has 0 spiro atoms. The van der Waals surface area contributed by atoms with Gasteiger partial charge < -0.3 is 14.0 Å². The van der Waals surface area contributed by atoms with E-state index in [9.17, 15) is 14.4 Å². The minimum Gasteiger partial charge on any atom is -0.465 e. The van der Waals surface area contributed by atoms with Crippen LogP contribution in [-0.4, -0.2) is 35.5 Å². The summed E-state index contributed by atoms with van der Waals surface area (Å²) >= 11 is 0. The number of hydrogen-bond acceptors (Lipinski definition) is 5. The maximum absolute atomic E-state index is 12.4. The molecule has 0 aliphatic rings. The third-order valence-electron chi connectivity index (χ3n) is 3.29. The fourth-order valence-electron chi connectivity index (χ4n) is 2.26. The van der Waals surface area contributed by atoms with Crippen molar-refractivity contribution < 1.29 is 23.9 Å². The molecule has 0 saturated heterocycles. The summed E-state index contributed by atoms with van der Waals surface area (Å²) in [5, 5.41) is 0. The van der Waals surface area contributed by atoms with Crippen molar-refractivity contribution in [1.82, 2.24) is 4.57 Å². The van der Waals surface area contributed by atoms with E-state index in [4.69, 9.17) is 9.47 Å². The van der Waals surface area contributed by atoms with Crippen LogP contribution in [0.4, 0.5) is 0 Å². The van der Waals surface area contributed by atoms with Gasteiger partial charge in [0.25, 0.3) is 0 Å². The van der Waals surface area contributed by atoms with Crippen LogP contribution < -0.4 is 0 Å². The van der Waals surface area contributed by atoms with E-state index in [0.29, 0.717) is 5.56 Å². The summed E-state index contributed by atoms with van der Waals surface area (Å²) in [6.45, 7) is 6.38. The number of carbonyl (C=O) groups excluding carboxylic acids is 3. The van der Waals surface area contributed by atoms with Gasteiger partial charge in [0.2, 0.25) is 5.41 Å². The van der Waals surface area contributed by atoms with Crippen molar-refractivity contribution in [3.05, 3.63) is 23.5 Å². The molecule has 6 heteroatoms. The number of esters is 2. The molecule has 0 saturated carbocycles. The highest BCUT2D eigenvalue weighted by atomic mass is 16.6. The first-order chi connectivity index (χ1) is 9.80. The van der Waals surface area contributed by atoms with Gasteiger partial charge in [0.15, 0.2) is 5.78 Å². The van der Waals surface area contributed by atoms with Crippen LogP contribution in [0.5, 0.6) is 0 Å². The molecule has 6 nitrogen and oxygen atoms in total. The van der Waals surface area contributed by atoms with Crippen LogP contribution in [0.1, 0.15) is 43.7 Å². The predicted octanol–water partition coefficient (Wildman–Crippen LogP) is 1.61.